The molecule has 2 aromatic carbocycles. The molecule has 2 aliphatic rings. The van der Waals surface area contributed by atoms with E-state index < -0.39 is 0 Å². The fraction of sp³-hybridized carbons (Fsp3) is 0.348. The minimum absolute atomic E-state index is 0.0173. The predicted octanol–water partition coefficient (Wildman–Crippen LogP) is 4.61. The van der Waals surface area contributed by atoms with Gasteiger partial charge in [0.1, 0.15) is 17.6 Å². The molecule has 144 valence electrons. The smallest absolute Gasteiger partial charge is 0.220 e. The maximum absolute atomic E-state index is 14.8. The highest BCUT2D eigenvalue weighted by Gasteiger charge is 2.55. The number of fused-ring (bicyclic) bond motifs is 4. The Morgan fingerprint density at radius 3 is 2.75 bits per heavy atom. The van der Waals surface area contributed by atoms with Gasteiger partial charge < -0.3 is 14.6 Å². The Balaban J connectivity index is 1.82. The topological polar surface area (TPSA) is 45.3 Å². The molecule has 4 nitrogen and oxygen atoms in total. The van der Waals surface area contributed by atoms with E-state index >= 15 is 0 Å². The van der Waals surface area contributed by atoms with Crippen LogP contribution in [0.1, 0.15) is 48.2 Å². The minimum atomic E-state index is -0.318. The van der Waals surface area contributed by atoms with Gasteiger partial charge in [0.25, 0.3) is 0 Å². The van der Waals surface area contributed by atoms with Crippen LogP contribution in [0.25, 0.3) is 10.9 Å². The molecule has 1 amide bonds. The fourth-order valence-electron chi connectivity index (χ4n) is 4.85. The molecule has 1 spiro atoms. The lowest BCUT2D eigenvalue weighted by molar-refractivity contribution is -0.131. The predicted molar refractivity (Wildman–Crippen MR) is 106 cm³/mol. The average Bonchev–Trinajstić information content (AvgIpc) is 3.31. The summed E-state index contributed by atoms with van der Waals surface area (Å²) in [7, 11) is 1.65. The second kappa shape index (κ2) is 5.84. The minimum Gasteiger partial charge on any atom is -0.496 e. The molecule has 3 aromatic rings. The van der Waals surface area contributed by atoms with Crippen molar-refractivity contribution in [2.24, 2.45) is 0 Å². The summed E-state index contributed by atoms with van der Waals surface area (Å²) in [5.41, 5.74) is 4.62. The first-order valence-electron chi connectivity index (χ1n) is 9.67. The lowest BCUT2D eigenvalue weighted by Crippen LogP contribution is -2.44. The number of H-pyrrole nitrogens is 1. The van der Waals surface area contributed by atoms with Gasteiger partial charge in [-0.1, -0.05) is 18.2 Å². The highest BCUT2D eigenvalue weighted by Crippen LogP contribution is 2.58. The first-order valence-corrected chi connectivity index (χ1v) is 9.67. The SMILES string of the molecule is COc1cc(C)ccc1C1c2[nH]c3cccc(F)c3c2C2(CC2)CN1C(C)=O. The molecule has 1 saturated carbocycles. The van der Waals surface area contributed by atoms with Crippen molar-refractivity contribution in [3.05, 3.63) is 64.6 Å². The number of aromatic nitrogens is 1. The van der Waals surface area contributed by atoms with Gasteiger partial charge in [-0.3, -0.25) is 4.79 Å². The molecule has 28 heavy (non-hydrogen) atoms. The van der Waals surface area contributed by atoms with E-state index in [4.69, 9.17) is 4.74 Å². The first-order chi connectivity index (χ1) is 13.4. The highest BCUT2D eigenvalue weighted by molar-refractivity contribution is 5.89. The second-order valence-corrected chi connectivity index (χ2v) is 8.15. The van der Waals surface area contributed by atoms with Gasteiger partial charge in [-0.15, -0.1) is 0 Å². The summed E-state index contributed by atoms with van der Waals surface area (Å²) < 4.78 is 20.5. The normalized spacial score (nSPS) is 19.7. The molecule has 1 fully saturated rings. The van der Waals surface area contributed by atoms with Crippen molar-refractivity contribution in [1.82, 2.24) is 9.88 Å². The van der Waals surface area contributed by atoms with Crippen LogP contribution >= 0.6 is 0 Å². The van der Waals surface area contributed by atoms with Crippen molar-refractivity contribution in [2.75, 3.05) is 13.7 Å². The number of hydrogen-bond acceptors (Lipinski definition) is 2. The van der Waals surface area contributed by atoms with E-state index in [-0.39, 0.29) is 23.2 Å². The van der Waals surface area contributed by atoms with E-state index in [0.29, 0.717) is 11.9 Å². The summed E-state index contributed by atoms with van der Waals surface area (Å²) in [6.45, 7) is 4.23. The number of carbonyl (C=O) groups excluding carboxylic acids is 1. The van der Waals surface area contributed by atoms with Crippen molar-refractivity contribution in [1.29, 1.82) is 0 Å². The number of amides is 1. The van der Waals surface area contributed by atoms with Gasteiger partial charge in [0.15, 0.2) is 0 Å². The lowest BCUT2D eigenvalue weighted by atomic mass is 9.82. The number of halogens is 1. The number of nitrogens with zero attached hydrogens (tertiary/aromatic N) is 1. The van der Waals surface area contributed by atoms with Crippen molar-refractivity contribution < 1.29 is 13.9 Å². The second-order valence-electron chi connectivity index (χ2n) is 8.15. The van der Waals surface area contributed by atoms with E-state index in [9.17, 15) is 9.18 Å². The summed E-state index contributed by atoms with van der Waals surface area (Å²) in [5.74, 6) is 0.559. The van der Waals surface area contributed by atoms with Gasteiger partial charge in [0, 0.05) is 41.0 Å². The zero-order valence-electron chi connectivity index (χ0n) is 16.3. The molecule has 1 unspecified atom stereocenters. The summed E-state index contributed by atoms with van der Waals surface area (Å²) >= 11 is 0. The third-order valence-corrected chi connectivity index (χ3v) is 6.33. The number of rotatable bonds is 2. The Morgan fingerprint density at radius 1 is 1.29 bits per heavy atom. The van der Waals surface area contributed by atoms with Crippen LogP contribution < -0.4 is 4.74 Å². The number of aromatic amines is 1. The van der Waals surface area contributed by atoms with Gasteiger partial charge in [-0.2, -0.15) is 0 Å². The molecular weight excluding hydrogens is 355 g/mol. The number of hydrogen-bond donors (Lipinski definition) is 1. The van der Waals surface area contributed by atoms with Crippen molar-refractivity contribution in [3.8, 4) is 5.75 Å². The fourth-order valence-corrected chi connectivity index (χ4v) is 4.85. The zero-order valence-corrected chi connectivity index (χ0v) is 16.3. The van der Waals surface area contributed by atoms with Crippen LogP contribution in [-0.4, -0.2) is 29.4 Å². The summed E-state index contributed by atoms with van der Waals surface area (Å²) in [6.07, 6.45) is 1.95. The Kier molecular flexibility index (Phi) is 3.60. The van der Waals surface area contributed by atoms with Crippen LogP contribution in [0.4, 0.5) is 4.39 Å². The number of methoxy groups -OCH3 is 1. The molecule has 1 aliphatic heterocycles. The molecule has 1 atom stereocenters. The van der Waals surface area contributed by atoms with Crippen molar-refractivity contribution >= 4 is 16.8 Å². The molecule has 1 N–H and O–H groups in total. The Morgan fingerprint density at radius 2 is 2.07 bits per heavy atom. The van der Waals surface area contributed by atoms with Gasteiger partial charge in [0.05, 0.1) is 7.11 Å². The van der Waals surface area contributed by atoms with Crippen LogP contribution in [0.15, 0.2) is 36.4 Å². The molecule has 0 radical (unpaired) electrons. The Labute approximate surface area is 163 Å². The molecule has 0 saturated heterocycles. The van der Waals surface area contributed by atoms with E-state index in [0.717, 1.165) is 46.5 Å². The van der Waals surface area contributed by atoms with Crippen LogP contribution in [0.2, 0.25) is 0 Å². The third-order valence-electron chi connectivity index (χ3n) is 6.33. The van der Waals surface area contributed by atoms with Gasteiger partial charge in [-0.25, -0.2) is 4.39 Å². The molecule has 5 heteroatoms. The van der Waals surface area contributed by atoms with Crippen LogP contribution in [-0.2, 0) is 10.2 Å². The molecule has 1 aromatic heterocycles. The number of aryl methyl sites for hydroxylation is 1. The van der Waals surface area contributed by atoms with E-state index in [1.54, 1.807) is 20.1 Å². The maximum Gasteiger partial charge on any atom is 0.220 e. The number of benzene rings is 2. The molecule has 2 heterocycles. The molecule has 5 rings (SSSR count). The maximum atomic E-state index is 14.8. The van der Waals surface area contributed by atoms with Crippen molar-refractivity contribution in [3.63, 3.8) is 0 Å². The van der Waals surface area contributed by atoms with Crippen LogP contribution in [0.5, 0.6) is 5.75 Å². The quantitative estimate of drug-likeness (QED) is 0.708. The standard InChI is InChI=1S/C23H23FN2O2/c1-13-7-8-15(18(11-13)28-3)22-21-20(19-16(24)5-4-6-17(19)25-21)23(9-10-23)12-26(22)14(2)27/h4-8,11,22,25H,9-10,12H2,1-3H3. The van der Waals surface area contributed by atoms with Crippen LogP contribution in [0.3, 0.4) is 0 Å². The van der Waals surface area contributed by atoms with E-state index in [1.807, 2.05) is 36.1 Å². The summed E-state index contributed by atoms with van der Waals surface area (Å²) in [6, 6.07) is 10.9. The van der Waals surface area contributed by atoms with Gasteiger partial charge in [0.2, 0.25) is 5.91 Å². The Hall–Kier alpha value is -2.82. The molecule has 1 aliphatic carbocycles. The lowest BCUT2D eigenvalue weighted by Gasteiger charge is -2.40. The zero-order chi connectivity index (χ0) is 19.6. The van der Waals surface area contributed by atoms with E-state index in [1.165, 1.54) is 6.07 Å². The Bertz CT molecular complexity index is 1110. The molecule has 0 bridgehead atoms. The van der Waals surface area contributed by atoms with Gasteiger partial charge >= 0.3 is 0 Å². The summed E-state index contributed by atoms with van der Waals surface area (Å²) in [5, 5.41) is 0.675. The number of ether oxygens (including phenoxy) is 1. The largest absolute Gasteiger partial charge is 0.496 e. The monoisotopic (exact) mass is 378 g/mol. The van der Waals surface area contributed by atoms with Gasteiger partial charge in [-0.05, 0) is 49.1 Å². The third kappa shape index (κ3) is 2.32. The average molecular weight is 378 g/mol. The van der Waals surface area contributed by atoms with Crippen LogP contribution in [0, 0.1) is 12.7 Å². The summed E-state index contributed by atoms with van der Waals surface area (Å²) in [4.78, 5) is 18.0. The first kappa shape index (κ1) is 17.3. The van der Waals surface area contributed by atoms with E-state index in [2.05, 4.69) is 4.98 Å². The number of nitrogens with one attached hydrogen (secondary N) is 1. The molecular formula is C23H23FN2O2. The highest BCUT2D eigenvalue weighted by atomic mass is 19.1. The number of carbonyl (C=O) groups is 1. The van der Waals surface area contributed by atoms with Crippen molar-refractivity contribution in [2.45, 2.75) is 38.1 Å².